The number of aryl methyl sites for hydroxylation is 1. The highest BCUT2D eigenvalue weighted by Gasteiger charge is 2.13. The Kier molecular flexibility index (Phi) is 5.35. The normalized spacial score (nSPS) is 12.4. The van der Waals surface area contributed by atoms with Crippen molar-refractivity contribution >= 4 is 17.7 Å². The third-order valence-corrected chi connectivity index (χ3v) is 3.39. The maximum absolute atomic E-state index is 10.7. The van der Waals surface area contributed by atoms with Crippen LogP contribution in [0.5, 0.6) is 0 Å². The van der Waals surface area contributed by atoms with Gasteiger partial charge in [-0.05, 0) is 32.5 Å². The molecule has 0 fully saturated rings. The van der Waals surface area contributed by atoms with Crippen molar-refractivity contribution in [1.29, 1.82) is 0 Å². The average molecular weight is 239 g/mol. The smallest absolute Gasteiger partial charge is 0.320 e. The van der Waals surface area contributed by atoms with Crippen LogP contribution in [0.3, 0.4) is 0 Å². The number of aliphatic carboxylic acids is 1. The number of hydrogen-bond donors (Lipinski definition) is 2. The molecular formula is C12H17NO2S. The lowest BCUT2D eigenvalue weighted by atomic mass is 10.2. The highest BCUT2D eigenvalue weighted by molar-refractivity contribution is 7.99. The van der Waals surface area contributed by atoms with Crippen molar-refractivity contribution in [1.82, 2.24) is 5.32 Å². The minimum atomic E-state index is -0.785. The van der Waals surface area contributed by atoms with Gasteiger partial charge < -0.3 is 10.4 Å². The fourth-order valence-corrected chi connectivity index (χ4v) is 2.24. The molecule has 0 saturated heterocycles. The highest BCUT2D eigenvalue weighted by atomic mass is 32.2. The zero-order valence-corrected chi connectivity index (χ0v) is 10.4. The van der Waals surface area contributed by atoms with E-state index in [-0.39, 0.29) is 0 Å². The molecule has 1 aromatic carbocycles. The fraction of sp³-hybridized carbons (Fsp3) is 0.417. The van der Waals surface area contributed by atoms with Crippen molar-refractivity contribution < 1.29 is 9.90 Å². The summed E-state index contributed by atoms with van der Waals surface area (Å²) in [7, 11) is 1.68. The Morgan fingerprint density at radius 2 is 2.06 bits per heavy atom. The van der Waals surface area contributed by atoms with E-state index in [0.717, 1.165) is 5.75 Å². The molecule has 1 unspecified atom stereocenters. The summed E-state index contributed by atoms with van der Waals surface area (Å²) >= 11 is 1.69. The molecule has 2 N–H and O–H groups in total. The average Bonchev–Trinajstić information content (AvgIpc) is 2.26. The lowest BCUT2D eigenvalue weighted by Gasteiger charge is -2.10. The first-order valence-electron chi connectivity index (χ1n) is 5.23. The molecule has 16 heavy (non-hydrogen) atoms. The van der Waals surface area contributed by atoms with Gasteiger partial charge in [-0.1, -0.05) is 17.7 Å². The molecule has 0 aromatic heterocycles. The van der Waals surface area contributed by atoms with Crippen molar-refractivity contribution in [2.75, 3.05) is 12.8 Å². The van der Waals surface area contributed by atoms with Crippen molar-refractivity contribution in [3.05, 3.63) is 29.8 Å². The summed E-state index contributed by atoms with van der Waals surface area (Å²) in [6, 6.07) is 7.81. The van der Waals surface area contributed by atoms with Gasteiger partial charge in [0.1, 0.15) is 6.04 Å². The number of thioether (sulfide) groups is 1. The molecule has 1 atom stereocenters. The standard InChI is InChI=1S/C12H17NO2S/c1-9-3-5-10(6-4-9)16-8-7-11(13-2)12(14)15/h3-6,11,13H,7-8H2,1-2H3,(H,14,15). The van der Waals surface area contributed by atoms with Crippen molar-refractivity contribution in [2.24, 2.45) is 0 Å². The number of carbonyl (C=O) groups is 1. The molecule has 0 aliphatic rings. The molecule has 0 saturated carbocycles. The second kappa shape index (κ2) is 6.55. The zero-order chi connectivity index (χ0) is 12.0. The van der Waals surface area contributed by atoms with Crippen LogP contribution in [-0.2, 0) is 4.79 Å². The van der Waals surface area contributed by atoms with Gasteiger partial charge in [-0.25, -0.2) is 0 Å². The minimum absolute atomic E-state index is 0.446. The van der Waals surface area contributed by atoms with Crippen LogP contribution in [0.4, 0.5) is 0 Å². The molecular weight excluding hydrogens is 222 g/mol. The molecule has 0 radical (unpaired) electrons. The number of nitrogens with one attached hydrogen (secondary N) is 1. The summed E-state index contributed by atoms with van der Waals surface area (Å²) < 4.78 is 0. The van der Waals surface area contributed by atoms with Crippen LogP contribution < -0.4 is 5.32 Å². The lowest BCUT2D eigenvalue weighted by molar-refractivity contribution is -0.139. The third-order valence-electron chi connectivity index (χ3n) is 2.34. The van der Waals surface area contributed by atoms with Crippen LogP contribution in [0.15, 0.2) is 29.2 Å². The molecule has 88 valence electrons. The van der Waals surface area contributed by atoms with E-state index in [1.54, 1.807) is 18.8 Å². The Bertz CT molecular complexity index is 337. The van der Waals surface area contributed by atoms with Crippen LogP contribution in [-0.4, -0.2) is 29.9 Å². The number of carboxylic acids is 1. The van der Waals surface area contributed by atoms with E-state index in [1.165, 1.54) is 10.5 Å². The summed E-state index contributed by atoms with van der Waals surface area (Å²) in [4.78, 5) is 11.9. The summed E-state index contributed by atoms with van der Waals surface area (Å²) in [6.45, 7) is 2.05. The lowest BCUT2D eigenvalue weighted by Crippen LogP contribution is -2.34. The van der Waals surface area contributed by atoms with E-state index in [4.69, 9.17) is 5.11 Å². The molecule has 1 aromatic rings. The monoisotopic (exact) mass is 239 g/mol. The van der Waals surface area contributed by atoms with Crippen molar-refractivity contribution in [3.8, 4) is 0 Å². The third kappa shape index (κ3) is 4.24. The molecule has 3 nitrogen and oxygen atoms in total. The number of likely N-dealkylation sites (N-methyl/N-ethyl adjacent to an activating group) is 1. The Morgan fingerprint density at radius 3 is 2.56 bits per heavy atom. The fourth-order valence-electron chi connectivity index (χ4n) is 1.32. The topological polar surface area (TPSA) is 49.3 Å². The molecule has 0 amide bonds. The van der Waals surface area contributed by atoms with Crippen molar-refractivity contribution in [3.63, 3.8) is 0 Å². The SMILES string of the molecule is CNC(CCSc1ccc(C)cc1)C(=O)O. The van der Waals surface area contributed by atoms with Crippen molar-refractivity contribution in [2.45, 2.75) is 24.3 Å². The van der Waals surface area contributed by atoms with Gasteiger partial charge in [-0.15, -0.1) is 11.8 Å². The molecule has 0 aliphatic heterocycles. The van der Waals surface area contributed by atoms with Crippen LogP contribution in [0.1, 0.15) is 12.0 Å². The quantitative estimate of drug-likeness (QED) is 0.747. The van der Waals surface area contributed by atoms with E-state index < -0.39 is 12.0 Å². The first-order valence-corrected chi connectivity index (χ1v) is 6.21. The van der Waals surface area contributed by atoms with E-state index in [2.05, 4.69) is 36.5 Å². The predicted octanol–water partition coefficient (Wildman–Crippen LogP) is 2.15. The van der Waals surface area contributed by atoms with Crippen LogP contribution >= 0.6 is 11.8 Å². The molecule has 1 rings (SSSR count). The van der Waals surface area contributed by atoms with E-state index in [0.29, 0.717) is 6.42 Å². The zero-order valence-electron chi connectivity index (χ0n) is 9.56. The Balaban J connectivity index is 2.35. The minimum Gasteiger partial charge on any atom is -0.480 e. The highest BCUT2D eigenvalue weighted by Crippen LogP contribution is 2.19. The second-order valence-corrected chi connectivity index (χ2v) is 4.80. The first kappa shape index (κ1) is 13.1. The van der Waals surface area contributed by atoms with Gasteiger partial charge in [-0.2, -0.15) is 0 Å². The van der Waals surface area contributed by atoms with Gasteiger partial charge in [0.2, 0.25) is 0 Å². The van der Waals surface area contributed by atoms with Gasteiger partial charge in [0.25, 0.3) is 0 Å². The van der Waals surface area contributed by atoms with Crippen LogP contribution in [0.2, 0.25) is 0 Å². The van der Waals surface area contributed by atoms with E-state index in [9.17, 15) is 4.79 Å². The van der Waals surface area contributed by atoms with Crippen LogP contribution in [0, 0.1) is 6.92 Å². The van der Waals surface area contributed by atoms with E-state index in [1.807, 2.05) is 0 Å². The van der Waals surface area contributed by atoms with Gasteiger partial charge in [-0.3, -0.25) is 4.79 Å². The van der Waals surface area contributed by atoms with Gasteiger partial charge in [0, 0.05) is 10.6 Å². The molecule has 0 spiro atoms. The molecule has 0 bridgehead atoms. The predicted molar refractivity (Wildman–Crippen MR) is 67.0 cm³/mol. The summed E-state index contributed by atoms with van der Waals surface area (Å²) in [5, 5.41) is 11.6. The maximum Gasteiger partial charge on any atom is 0.320 e. The summed E-state index contributed by atoms with van der Waals surface area (Å²) in [6.07, 6.45) is 0.629. The summed E-state index contributed by atoms with van der Waals surface area (Å²) in [5.74, 6) is 0.0212. The Hall–Kier alpha value is -1.00. The second-order valence-electron chi connectivity index (χ2n) is 3.63. The Labute approximate surface area is 100 Å². The van der Waals surface area contributed by atoms with Gasteiger partial charge in [0.05, 0.1) is 0 Å². The number of carboxylic acid groups (broad SMARTS) is 1. The molecule has 0 heterocycles. The molecule has 4 heteroatoms. The van der Waals surface area contributed by atoms with Gasteiger partial charge in [0.15, 0.2) is 0 Å². The maximum atomic E-state index is 10.7. The summed E-state index contributed by atoms with van der Waals surface area (Å²) in [5.41, 5.74) is 1.24. The van der Waals surface area contributed by atoms with Crippen LogP contribution in [0.25, 0.3) is 0 Å². The Morgan fingerprint density at radius 1 is 1.44 bits per heavy atom. The number of rotatable bonds is 6. The van der Waals surface area contributed by atoms with E-state index >= 15 is 0 Å². The first-order chi connectivity index (χ1) is 7.63. The van der Waals surface area contributed by atoms with Gasteiger partial charge >= 0.3 is 5.97 Å². The number of hydrogen-bond acceptors (Lipinski definition) is 3. The molecule has 0 aliphatic carbocycles. The largest absolute Gasteiger partial charge is 0.480 e. The number of benzene rings is 1.